The Balaban J connectivity index is 1.91. The molecule has 2 aliphatic rings. The van der Waals surface area contributed by atoms with Gasteiger partial charge in [-0.1, -0.05) is 0 Å². The number of rotatable bonds is 7. The fourth-order valence-electron chi connectivity index (χ4n) is 4.18. The van der Waals surface area contributed by atoms with Gasteiger partial charge in [-0.05, 0) is 50.8 Å². The molecule has 2 heterocycles. The van der Waals surface area contributed by atoms with Crippen molar-refractivity contribution in [3.8, 4) is 17.0 Å². The van der Waals surface area contributed by atoms with Crippen molar-refractivity contribution in [1.82, 2.24) is 9.99 Å². The topological polar surface area (TPSA) is 108 Å². The summed E-state index contributed by atoms with van der Waals surface area (Å²) in [5.74, 6) is -0.640. The zero-order valence-corrected chi connectivity index (χ0v) is 18.5. The summed E-state index contributed by atoms with van der Waals surface area (Å²) in [7, 11) is 1.58. The number of nitrogens with zero attached hydrogens (tertiary/aromatic N) is 2. The summed E-state index contributed by atoms with van der Waals surface area (Å²) < 4.78 is 7.47. The van der Waals surface area contributed by atoms with Gasteiger partial charge in [-0.15, -0.1) is 0 Å². The molecule has 0 spiro atoms. The van der Waals surface area contributed by atoms with Gasteiger partial charge >= 0.3 is 5.97 Å². The van der Waals surface area contributed by atoms with E-state index in [4.69, 9.17) is 10.1 Å². The summed E-state index contributed by atoms with van der Waals surface area (Å²) in [6.07, 6.45) is 7.73. The first kappa shape index (κ1) is 21.7. The SMILES string of the molecule is COc1cc2c(cc1/C(C=N)=C/NC(C)C)CN(C1CCC1)n1cc(C(=O)O)c(=O)cc1-2. The summed E-state index contributed by atoms with van der Waals surface area (Å²) in [6.45, 7) is 4.63. The lowest BCUT2D eigenvalue weighted by atomic mass is 9.89. The fraction of sp³-hybridized carbons (Fsp3) is 0.375. The van der Waals surface area contributed by atoms with Crippen LogP contribution in [-0.2, 0) is 6.54 Å². The van der Waals surface area contributed by atoms with Gasteiger partial charge in [-0.2, -0.15) is 0 Å². The van der Waals surface area contributed by atoms with Crippen LogP contribution in [0.25, 0.3) is 16.8 Å². The van der Waals surface area contributed by atoms with E-state index in [9.17, 15) is 14.7 Å². The Morgan fingerprint density at radius 2 is 2.03 bits per heavy atom. The molecule has 8 heteroatoms. The van der Waals surface area contributed by atoms with E-state index in [0.29, 0.717) is 23.6 Å². The number of aromatic carboxylic acids is 1. The molecule has 1 aromatic heterocycles. The second kappa shape index (κ2) is 8.53. The van der Waals surface area contributed by atoms with E-state index in [2.05, 4.69) is 10.3 Å². The Bertz CT molecular complexity index is 1160. The number of carboxylic acid groups (broad SMARTS) is 1. The Labute approximate surface area is 186 Å². The number of carboxylic acids is 1. The third kappa shape index (κ3) is 3.77. The summed E-state index contributed by atoms with van der Waals surface area (Å²) in [5, 5.41) is 22.8. The maximum Gasteiger partial charge on any atom is 0.341 e. The smallest absolute Gasteiger partial charge is 0.341 e. The van der Waals surface area contributed by atoms with Crippen LogP contribution in [0.3, 0.4) is 0 Å². The van der Waals surface area contributed by atoms with E-state index < -0.39 is 11.4 Å². The van der Waals surface area contributed by atoms with Crippen LogP contribution in [0, 0.1) is 5.41 Å². The van der Waals surface area contributed by atoms with Crippen molar-refractivity contribution in [2.45, 2.75) is 51.7 Å². The lowest BCUT2D eigenvalue weighted by Crippen LogP contribution is -2.49. The highest BCUT2D eigenvalue weighted by Gasteiger charge is 2.32. The number of ether oxygens (including phenoxy) is 1. The number of pyridine rings is 1. The molecule has 32 heavy (non-hydrogen) atoms. The highest BCUT2D eigenvalue weighted by atomic mass is 16.5. The Morgan fingerprint density at radius 1 is 1.28 bits per heavy atom. The minimum atomic E-state index is -1.23. The molecule has 1 aromatic carbocycles. The molecule has 0 bridgehead atoms. The van der Waals surface area contributed by atoms with Crippen molar-refractivity contribution >= 4 is 17.8 Å². The number of nitrogens with one attached hydrogen (secondary N) is 2. The first-order valence-corrected chi connectivity index (χ1v) is 10.8. The summed E-state index contributed by atoms with van der Waals surface area (Å²) in [4.78, 5) is 24.1. The van der Waals surface area contributed by atoms with E-state index in [1.165, 1.54) is 18.5 Å². The van der Waals surface area contributed by atoms with E-state index in [-0.39, 0.29) is 17.6 Å². The van der Waals surface area contributed by atoms with E-state index >= 15 is 0 Å². The van der Waals surface area contributed by atoms with Crippen molar-refractivity contribution in [2.75, 3.05) is 12.1 Å². The van der Waals surface area contributed by atoms with Gasteiger partial charge in [0.05, 0.1) is 19.3 Å². The van der Waals surface area contributed by atoms with Gasteiger partial charge in [-0.25, -0.2) is 4.79 Å². The molecule has 3 N–H and O–H groups in total. The van der Waals surface area contributed by atoms with E-state index in [1.54, 1.807) is 7.11 Å². The first-order valence-electron chi connectivity index (χ1n) is 10.8. The Kier molecular flexibility index (Phi) is 5.78. The van der Waals surface area contributed by atoms with Gasteiger partial charge in [0.1, 0.15) is 11.3 Å². The molecule has 0 atom stereocenters. The zero-order chi connectivity index (χ0) is 23.0. The van der Waals surface area contributed by atoms with Crippen LogP contribution in [0.15, 0.2) is 35.4 Å². The lowest BCUT2D eigenvalue weighted by molar-refractivity contribution is 0.0694. The molecule has 1 fully saturated rings. The van der Waals surface area contributed by atoms with Crippen molar-refractivity contribution in [3.63, 3.8) is 0 Å². The maximum atomic E-state index is 12.5. The van der Waals surface area contributed by atoms with Gasteiger partial charge in [0.15, 0.2) is 5.43 Å². The molecule has 0 amide bonds. The Morgan fingerprint density at radius 3 is 2.59 bits per heavy atom. The average Bonchev–Trinajstić information content (AvgIpc) is 2.71. The molecule has 2 aromatic rings. The number of methoxy groups -OCH3 is 1. The van der Waals surface area contributed by atoms with Crippen LogP contribution >= 0.6 is 0 Å². The van der Waals surface area contributed by atoms with Crippen LogP contribution in [-0.4, -0.2) is 41.2 Å². The van der Waals surface area contributed by atoms with Crippen molar-refractivity contribution in [1.29, 1.82) is 5.41 Å². The van der Waals surface area contributed by atoms with Crippen molar-refractivity contribution in [3.05, 3.63) is 57.5 Å². The van der Waals surface area contributed by atoms with E-state index in [0.717, 1.165) is 36.0 Å². The fourth-order valence-corrected chi connectivity index (χ4v) is 4.18. The number of fused-ring (bicyclic) bond motifs is 3. The van der Waals surface area contributed by atoms with Gasteiger partial charge < -0.3 is 25.6 Å². The molecule has 4 rings (SSSR count). The number of hydrogen-bond acceptors (Lipinski definition) is 6. The van der Waals surface area contributed by atoms with Crippen LogP contribution in [0.1, 0.15) is 54.6 Å². The second-order valence-corrected chi connectivity index (χ2v) is 8.54. The van der Waals surface area contributed by atoms with Gasteiger partial charge in [0.25, 0.3) is 0 Å². The lowest BCUT2D eigenvalue weighted by Gasteiger charge is -2.44. The number of aromatic nitrogens is 1. The number of carbonyl (C=O) groups is 1. The molecule has 8 nitrogen and oxygen atoms in total. The van der Waals surface area contributed by atoms with Crippen LogP contribution in [0.2, 0.25) is 0 Å². The molecule has 0 radical (unpaired) electrons. The van der Waals surface area contributed by atoms with Crippen molar-refractivity contribution in [2.24, 2.45) is 0 Å². The molecular formula is C24H28N4O4. The largest absolute Gasteiger partial charge is 0.496 e. The van der Waals surface area contributed by atoms with E-state index in [1.807, 2.05) is 36.9 Å². The number of allylic oxidation sites excluding steroid dienone is 1. The molecule has 0 saturated heterocycles. The molecule has 168 valence electrons. The molecule has 1 aliphatic carbocycles. The van der Waals surface area contributed by atoms with Crippen LogP contribution < -0.4 is 20.5 Å². The minimum absolute atomic E-state index is 0.227. The first-order chi connectivity index (χ1) is 15.3. The zero-order valence-electron chi connectivity index (χ0n) is 18.5. The third-order valence-corrected chi connectivity index (χ3v) is 6.11. The number of hydrogen-bond donors (Lipinski definition) is 3. The predicted octanol–water partition coefficient (Wildman–Crippen LogP) is 3.21. The summed E-state index contributed by atoms with van der Waals surface area (Å²) >= 11 is 0. The highest BCUT2D eigenvalue weighted by molar-refractivity contribution is 6.09. The van der Waals surface area contributed by atoms with Gasteiger partial charge in [0, 0.05) is 53.5 Å². The molecule has 1 saturated carbocycles. The van der Waals surface area contributed by atoms with Crippen molar-refractivity contribution < 1.29 is 14.6 Å². The standard InChI is InChI=1S/C24H28N4O4/c1-14(2)26-11-16(10-25)19-7-15-12-27(17-5-4-6-17)28-13-20(24(30)31)22(29)9-21(28)18(15)8-23(19)32-3/h7-11,13-14,17,25-26H,4-6,12H2,1-3H3,(H,30,31)/b16-11+,25-10?. The quantitative estimate of drug-likeness (QED) is 0.576. The number of benzene rings is 1. The Hall–Kier alpha value is -3.55. The molecular weight excluding hydrogens is 408 g/mol. The predicted molar refractivity (Wildman–Crippen MR) is 124 cm³/mol. The monoisotopic (exact) mass is 436 g/mol. The van der Waals surface area contributed by atoms with Crippen LogP contribution in [0.5, 0.6) is 5.75 Å². The van der Waals surface area contributed by atoms with Gasteiger partial charge in [-0.3, -0.25) is 9.47 Å². The summed E-state index contributed by atoms with van der Waals surface area (Å²) in [5.41, 5.74) is 3.22. The average molecular weight is 437 g/mol. The molecule has 1 aliphatic heterocycles. The maximum absolute atomic E-state index is 12.5. The molecule has 0 unspecified atom stereocenters. The summed E-state index contributed by atoms with van der Waals surface area (Å²) in [6, 6.07) is 5.81. The normalized spacial score (nSPS) is 15.6. The highest BCUT2D eigenvalue weighted by Crippen LogP contribution is 2.39. The van der Waals surface area contributed by atoms with Crippen LogP contribution in [0.4, 0.5) is 0 Å². The van der Waals surface area contributed by atoms with Gasteiger partial charge in [0.2, 0.25) is 0 Å². The third-order valence-electron chi connectivity index (χ3n) is 6.11. The second-order valence-electron chi connectivity index (χ2n) is 8.54. The minimum Gasteiger partial charge on any atom is -0.496 e.